The molecule has 9 nitrogen and oxygen atoms in total. The van der Waals surface area contributed by atoms with Gasteiger partial charge in [-0.1, -0.05) is 53.7 Å². The standard InChI is InChI=1S/C31H50N4O5/c1-19(2)18-25(33-30(39)40-31(7,8)9)29(38)35-16-14-23(15-17-35)27(36)34-26(21(5)6)28(37)32-24-12-10-22(11-13-24)20(3)4/h10-13,19-21,23,25-26H,14-18H2,1-9H3,(H,32,37)(H,33,39)(H,34,36)/t25-,26-/m0/s1. The summed E-state index contributed by atoms with van der Waals surface area (Å²) in [7, 11) is 0. The summed E-state index contributed by atoms with van der Waals surface area (Å²) in [6, 6.07) is 6.38. The van der Waals surface area contributed by atoms with Crippen LogP contribution >= 0.6 is 0 Å². The van der Waals surface area contributed by atoms with E-state index in [1.165, 1.54) is 5.56 Å². The third kappa shape index (κ3) is 10.5. The number of hydrogen-bond acceptors (Lipinski definition) is 5. The van der Waals surface area contributed by atoms with Crippen molar-refractivity contribution in [1.82, 2.24) is 15.5 Å². The Labute approximate surface area is 240 Å². The molecule has 0 radical (unpaired) electrons. The van der Waals surface area contributed by atoms with Crippen LogP contribution in [0.15, 0.2) is 24.3 Å². The van der Waals surface area contributed by atoms with Crippen LogP contribution < -0.4 is 16.0 Å². The summed E-state index contributed by atoms with van der Waals surface area (Å²) in [5.41, 5.74) is 1.22. The minimum atomic E-state index is -0.691. The van der Waals surface area contributed by atoms with E-state index in [0.717, 1.165) is 0 Å². The average molecular weight is 559 g/mol. The maximum Gasteiger partial charge on any atom is 0.408 e. The zero-order valence-corrected chi connectivity index (χ0v) is 25.8. The van der Waals surface area contributed by atoms with Crippen LogP contribution in [0, 0.1) is 17.8 Å². The highest BCUT2D eigenvalue weighted by Gasteiger charge is 2.34. The van der Waals surface area contributed by atoms with Gasteiger partial charge < -0.3 is 25.6 Å². The molecule has 0 unspecified atom stereocenters. The third-order valence-corrected chi connectivity index (χ3v) is 6.97. The molecule has 4 amide bonds. The molecular formula is C31H50N4O5. The number of ether oxygens (including phenoxy) is 1. The van der Waals surface area contributed by atoms with Crippen LogP contribution in [-0.2, 0) is 19.1 Å². The Morgan fingerprint density at radius 2 is 1.50 bits per heavy atom. The number of nitrogens with one attached hydrogen (secondary N) is 3. The van der Waals surface area contributed by atoms with Crippen molar-refractivity contribution in [3.05, 3.63) is 29.8 Å². The summed E-state index contributed by atoms with van der Waals surface area (Å²) >= 11 is 0. The maximum atomic E-state index is 13.3. The Morgan fingerprint density at radius 3 is 1.98 bits per heavy atom. The lowest BCUT2D eigenvalue weighted by Gasteiger charge is -2.35. The van der Waals surface area contributed by atoms with Crippen LogP contribution in [0.2, 0.25) is 0 Å². The van der Waals surface area contributed by atoms with E-state index in [1.807, 2.05) is 52.0 Å². The second kappa shape index (κ2) is 14.5. The van der Waals surface area contributed by atoms with Gasteiger partial charge in [-0.15, -0.1) is 0 Å². The molecule has 0 saturated carbocycles. The monoisotopic (exact) mass is 558 g/mol. The number of piperidine rings is 1. The summed E-state index contributed by atoms with van der Waals surface area (Å²) in [4.78, 5) is 53.6. The minimum Gasteiger partial charge on any atom is -0.444 e. The van der Waals surface area contributed by atoms with E-state index < -0.39 is 23.8 Å². The van der Waals surface area contributed by atoms with Gasteiger partial charge in [0.2, 0.25) is 17.7 Å². The smallest absolute Gasteiger partial charge is 0.408 e. The van der Waals surface area contributed by atoms with Crippen LogP contribution in [0.25, 0.3) is 0 Å². The fourth-order valence-electron chi connectivity index (χ4n) is 4.70. The number of likely N-dealkylation sites (tertiary alicyclic amines) is 1. The summed E-state index contributed by atoms with van der Waals surface area (Å²) in [6.45, 7) is 18.2. The number of amides is 4. The highest BCUT2D eigenvalue weighted by molar-refractivity contribution is 5.97. The van der Waals surface area contributed by atoms with Crippen molar-refractivity contribution < 1.29 is 23.9 Å². The molecule has 224 valence electrons. The number of carbonyl (C=O) groups is 4. The van der Waals surface area contributed by atoms with E-state index in [4.69, 9.17) is 4.74 Å². The molecule has 2 atom stereocenters. The normalized spacial score (nSPS) is 16.1. The van der Waals surface area contributed by atoms with Gasteiger partial charge in [0, 0.05) is 24.7 Å². The van der Waals surface area contributed by atoms with Gasteiger partial charge in [-0.05, 0) is 75.5 Å². The van der Waals surface area contributed by atoms with Gasteiger partial charge in [0.1, 0.15) is 17.7 Å². The molecule has 1 fully saturated rings. The van der Waals surface area contributed by atoms with Crippen LogP contribution in [0.1, 0.15) is 93.1 Å². The van der Waals surface area contributed by atoms with Crippen LogP contribution in [0.5, 0.6) is 0 Å². The molecule has 9 heteroatoms. The zero-order valence-electron chi connectivity index (χ0n) is 25.8. The van der Waals surface area contributed by atoms with Crippen molar-refractivity contribution in [2.45, 2.75) is 105 Å². The first-order valence-corrected chi connectivity index (χ1v) is 14.6. The Bertz CT molecular complexity index is 1010. The number of alkyl carbamates (subject to hydrolysis) is 1. The van der Waals surface area contributed by atoms with Gasteiger partial charge in [0.25, 0.3) is 0 Å². The van der Waals surface area contributed by atoms with Crippen molar-refractivity contribution in [3.8, 4) is 0 Å². The largest absolute Gasteiger partial charge is 0.444 e. The Morgan fingerprint density at radius 1 is 0.925 bits per heavy atom. The van der Waals surface area contributed by atoms with E-state index in [1.54, 1.807) is 25.7 Å². The van der Waals surface area contributed by atoms with Gasteiger partial charge in [0.15, 0.2) is 0 Å². The number of rotatable bonds is 10. The molecule has 40 heavy (non-hydrogen) atoms. The number of nitrogens with zero attached hydrogens (tertiary/aromatic N) is 1. The van der Waals surface area contributed by atoms with Crippen LogP contribution in [-0.4, -0.2) is 59.5 Å². The van der Waals surface area contributed by atoms with Gasteiger partial charge >= 0.3 is 6.09 Å². The van der Waals surface area contributed by atoms with Crippen molar-refractivity contribution in [2.24, 2.45) is 17.8 Å². The summed E-state index contributed by atoms with van der Waals surface area (Å²) in [5.74, 6) is -0.404. The van der Waals surface area contributed by atoms with Crippen LogP contribution in [0.4, 0.5) is 10.5 Å². The van der Waals surface area contributed by atoms with E-state index in [0.29, 0.717) is 44.0 Å². The first-order valence-electron chi connectivity index (χ1n) is 14.6. The summed E-state index contributed by atoms with van der Waals surface area (Å²) in [5, 5.41) is 8.61. The Balaban J connectivity index is 1.96. The third-order valence-electron chi connectivity index (χ3n) is 6.97. The lowest BCUT2D eigenvalue weighted by Crippen LogP contribution is -2.54. The second-order valence-electron chi connectivity index (χ2n) is 12.9. The fourth-order valence-corrected chi connectivity index (χ4v) is 4.70. The zero-order chi connectivity index (χ0) is 30.2. The number of carbonyl (C=O) groups excluding carboxylic acids is 4. The fraction of sp³-hybridized carbons (Fsp3) is 0.677. The molecule has 1 saturated heterocycles. The number of hydrogen-bond donors (Lipinski definition) is 3. The predicted molar refractivity (Wildman–Crippen MR) is 158 cm³/mol. The van der Waals surface area contributed by atoms with Crippen molar-refractivity contribution in [2.75, 3.05) is 18.4 Å². The molecule has 1 aromatic rings. The van der Waals surface area contributed by atoms with E-state index in [-0.39, 0.29) is 35.5 Å². The minimum absolute atomic E-state index is 0.101. The molecule has 1 aliphatic heterocycles. The average Bonchev–Trinajstić information content (AvgIpc) is 2.85. The number of anilines is 1. The Kier molecular flexibility index (Phi) is 12.0. The SMILES string of the molecule is CC(C)C[C@H](NC(=O)OC(C)(C)C)C(=O)N1CCC(C(=O)N[C@H](C(=O)Nc2ccc(C(C)C)cc2)C(C)C)CC1. The van der Waals surface area contributed by atoms with Crippen molar-refractivity contribution in [1.29, 1.82) is 0 Å². The predicted octanol–water partition coefficient (Wildman–Crippen LogP) is 5.07. The van der Waals surface area contributed by atoms with Crippen molar-refractivity contribution >= 4 is 29.5 Å². The molecule has 0 bridgehead atoms. The topological polar surface area (TPSA) is 117 Å². The lowest BCUT2D eigenvalue weighted by atomic mass is 9.93. The van der Waals surface area contributed by atoms with Gasteiger partial charge in [0.05, 0.1) is 0 Å². The van der Waals surface area contributed by atoms with Gasteiger partial charge in [-0.3, -0.25) is 14.4 Å². The number of benzene rings is 1. The molecule has 2 rings (SSSR count). The van der Waals surface area contributed by atoms with E-state index in [9.17, 15) is 19.2 Å². The molecule has 3 N–H and O–H groups in total. The highest BCUT2D eigenvalue weighted by Crippen LogP contribution is 2.22. The van der Waals surface area contributed by atoms with Crippen LogP contribution in [0.3, 0.4) is 0 Å². The quantitative estimate of drug-likeness (QED) is 0.371. The molecular weight excluding hydrogens is 508 g/mol. The van der Waals surface area contributed by atoms with E-state index >= 15 is 0 Å². The first-order chi connectivity index (χ1) is 18.6. The van der Waals surface area contributed by atoms with Gasteiger partial charge in [-0.25, -0.2) is 4.79 Å². The lowest BCUT2D eigenvalue weighted by molar-refractivity contribution is -0.138. The van der Waals surface area contributed by atoms with Crippen molar-refractivity contribution in [3.63, 3.8) is 0 Å². The molecule has 0 aliphatic carbocycles. The maximum absolute atomic E-state index is 13.3. The summed E-state index contributed by atoms with van der Waals surface area (Å²) in [6.07, 6.45) is 0.849. The first kappa shape index (κ1) is 33.1. The van der Waals surface area contributed by atoms with Gasteiger partial charge in [-0.2, -0.15) is 0 Å². The Hall–Kier alpha value is -3.10. The molecule has 0 aromatic heterocycles. The molecule has 1 heterocycles. The highest BCUT2D eigenvalue weighted by atomic mass is 16.6. The molecule has 0 spiro atoms. The second-order valence-corrected chi connectivity index (χ2v) is 12.9. The summed E-state index contributed by atoms with van der Waals surface area (Å²) < 4.78 is 5.36. The van der Waals surface area contributed by atoms with E-state index in [2.05, 4.69) is 29.8 Å². The molecule has 1 aliphatic rings. The molecule has 1 aromatic carbocycles.